The van der Waals surface area contributed by atoms with Gasteiger partial charge < -0.3 is 4.42 Å². The third kappa shape index (κ3) is 2.98. The molecule has 16 heavy (non-hydrogen) atoms. The summed E-state index contributed by atoms with van der Waals surface area (Å²) in [5.41, 5.74) is 0. The number of hydrogen-bond donors (Lipinski definition) is 0. The normalized spacial score (nSPS) is 11.5. The van der Waals surface area contributed by atoms with Gasteiger partial charge in [0.05, 0.1) is 10.9 Å². The van der Waals surface area contributed by atoms with Crippen LogP contribution in [0.4, 0.5) is 8.78 Å². The molecule has 0 N–H and O–H groups in total. The Kier molecular flexibility index (Phi) is 3.96. The molecule has 0 aliphatic carbocycles. The van der Waals surface area contributed by atoms with Gasteiger partial charge in [0.2, 0.25) is 11.6 Å². The van der Waals surface area contributed by atoms with Crippen molar-refractivity contribution >= 4 is 27.5 Å². The molecule has 0 radical (unpaired) electrons. The van der Waals surface area contributed by atoms with Gasteiger partial charge in [0, 0.05) is 12.5 Å². The highest BCUT2D eigenvalue weighted by molar-refractivity contribution is 9.10. The third-order valence-corrected chi connectivity index (χ3v) is 2.43. The highest BCUT2D eigenvalue weighted by atomic mass is 79.9. The van der Waals surface area contributed by atoms with E-state index < -0.39 is 30.3 Å². The number of rotatable bonds is 5. The molecular formula is C10H9BrF2O3. The molecule has 0 aliphatic heterocycles. The van der Waals surface area contributed by atoms with E-state index in [1.165, 1.54) is 19.3 Å². The molecule has 0 unspecified atom stereocenters. The van der Waals surface area contributed by atoms with E-state index in [4.69, 9.17) is 4.42 Å². The van der Waals surface area contributed by atoms with Crippen LogP contribution >= 0.6 is 15.9 Å². The van der Waals surface area contributed by atoms with Crippen LogP contribution in [-0.2, 0) is 4.79 Å². The Labute approximate surface area is 98.9 Å². The van der Waals surface area contributed by atoms with Crippen LogP contribution < -0.4 is 0 Å². The minimum atomic E-state index is -3.44. The number of hydrogen-bond acceptors (Lipinski definition) is 3. The molecule has 0 bridgehead atoms. The second-order valence-electron chi connectivity index (χ2n) is 3.21. The van der Waals surface area contributed by atoms with Gasteiger partial charge in [-0.3, -0.25) is 9.59 Å². The second kappa shape index (κ2) is 4.86. The fourth-order valence-electron chi connectivity index (χ4n) is 1.02. The highest BCUT2D eigenvalue weighted by Crippen LogP contribution is 2.22. The SMILES string of the molecule is CCC(F)(F)C(=O)CC(=O)c1cc(Br)co1. The van der Waals surface area contributed by atoms with Gasteiger partial charge in [0.1, 0.15) is 6.26 Å². The summed E-state index contributed by atoms with van der Waals surface area (Å²) in [5, 5.41) is 0. The van der Waals surface area contributed by atoms with Crippen molar-refractivity contribution in [3.63, 3.8) is 0 Å². The first kappa shape index (κ1) is 13.0. The number of halogens is 3. The fraction of sp³-hybridized carbons (Fsp3) is 0.400. The summed E-state index contributed by atoms with van der Waals surface area (Å²) >= 11 is 3.04. The van der Waals surface area contributed by atoms with Crippen molar-refractivity contribution in [3.8, 4) is 0 Å². The predicted molar refractivity (Wildman–Crippen MR) is 55.6 cm³/mol. The standard InChI is InChI=1S/C10H9BrF2O3/c1-2-10(12,13)9(15)4-7(14)8-3-6(11)5-16-8/h3,5H,2,4H2,1H3. The molecule has 0 aromatic carbocycles. The van der Waals surface area contributed by atoms with Crippen LogP contribution in [0.1, 0.15) is 30.3 Å². The summed E-state index contributed by atoms with van der Waals surface area (Å²) in [6.45, 7) is 1.19. The zero-order valence-corrected chi connectivity index (χ0v) is 10.0. The van der Waals surface area contributed by atoms with Gasteiger partial charge in [0.15, 0.2) is 5.76 Å². The lowest BCUT2D eigenvalue weighted by Gasteiger charge is -2.10. The van der Waals surface area contributed by atoms with Gasteiger partial charge in [-0.25, -0.2) is 0 Å². The topological polar surface area (TPSA) is 47.3 Å². The Morgan fingerprint density at radius 3 is 2.56 bits per heavy atom. The Balaban J connectivity index is 2.69. The maximum atomic E-state index is 12.9. The maximum Gasteiger partial charge on any atom is 0.305 e. The van der Waals surface area contributed by atoms with Crippen LogP contribution in [0, 0.1) is 0 Å². The lowest BCUT2D eigenvalue weighted by atomic mass is 10.1. The predicted octanol–water partition coefficient (Wildman–Crippen LogP) is 3.23. The van der Waals surface area contributed by atoms with E-state index in [-0.39, 0.29) is 5.76 Å². The molecule has 3 nitrogen and oxygen atoms in total. The first-order chi connectivity index (χ1) is 7.36. The van der Waals surface area contributed by atoms with Crippen molar-refractivity contribution in [2.45, 2.75) is 25.7 Å². The van der Waals surface area contributed by atoms with Gasteiger partial charge in [-0.1, -0.05) is 6.92 Å². The summed E-state index contributed by atoms with van der Waals surface area (Å²) in [5.74, 6) is -5.68. The van der Waals surface area contributed by atoms with E-state index in [1.54, 1.807) is 0 Å². The molecule has 0 saturated carbocycles. The molecular weight excluding hydrogens is 286 g/mol. The van der Waals surface area contributed by atoms with Crippen LogP contribution in [0.5, 0.6) is 0 Å². The first-order valence-electron chi connectivity index (χ1n) is 4.55. The molecule has 0 atom stereocenters. The molecule has 0 spiro atoms. The van der Waals surface area contributed by atoms with Crippen molar-refractivity contribution in [3.05, 3.63) is 22.6 Å². The summed E-state index contributed by atoms with van der Waals surface area (Å²) in [7, 11) is 0. The quantitative estimate of drug-likeness (QED) is 0.619. The largest absolute Gasteiger partial charge is 0.460 e. The molecule has 1 heterocycles. The molecule has 6 heteroatoms. The van der Waals surface area contributed by atoms with Crippen LogP contribution in [0.25, 0.3) is 0 Å². The minimum Gasteiger partial charge on any atom is -0.460 e. The van der Waals surface area contributed by atoms with E-state index in [9.17, 15) is 18.4 Å². The van der Waals surface area contributed by atoms with E-state index in [1.807, 2.05) is 0 Å². The van der Waals surface area contributed by atoms with Crippen LogP contribution in [-0.4, -0.2) is 17.5 Å². The average molecular weight is 295 g/mol. The molecule has 0 amide bonds. The molecule has 1 rings (SSSR count). The number of carbonyl (C=O) groups is 2. The third-order valence-electron chi connectivity index (χ3n) is 2.02. The molecule has 1 aromatic heterocycles. The van der Waals surface area contributed by atoms with E-state index in [2.05, 4.69) is 15.9 Å². The van der Waals surface area contributed by atoms with Gasteiger partial charge in [-0.05, 0) is 15.9 Å². The summed E-state index contributed by atoms with van der Waals surface area (Å²) in [6.07, 6.45) is -0.211. The molecule has 88 valence electrons. The molecule has 0 saturated heterocycles. The van der Waals surface area contributed by atoms with Gasteiger partial charge >= 0.3 is 5.92 Å². The summed E-state index contributed by atoms with van der Waals surface area (Å²) < 4.78 is 31.1. The lowest BCUT2D eigenvalue weighted by molar-refractivity contribution is -0.142. The smallest absolute Gasteiger partial charge is 0.305 e. The first-order valence-corrected chi connectivity index (χ1v) is 5.34. The molecule has 1 aromatic rings. The Morgan fingerprint density at radius 2 is 2.12 bits per heavy atom. The average Bonchev–Trinajstić information content (AvgIpc) is 2.64. The zero-order valence-electron chi connectivity index (χ0n) is 8.43. The minimum absolute atomic E-state index is 0.105. The number of ketones is 2. The monoisotopic (exact) mass is 294 g/mol. The number of furan rings is 1. The highest BCUT2D eigenvalue weighted by Gasteiger charge is 2.37. The van der Waals surface area contributed by atoms with Gasteiger partial charge in [0.25, 0.3) is 0 Å². The second-order valence-corrected chi connectivity index (χ2v) is 4.13. The van der Waals surface area contributed by atoms with Crippen LogP contribution in [0.15, 0.2) is 21.2 Å². The summed E-state index contributed by atoms with van der Waals surface area (Å²) in [6, 6.07) is 1.33. The summed E-state index contributed by atoms with van der Waals surface area (Å²) in [4.78, 5) is 22.4. The number of carbonyl (C=O) groups excluding carboxylic acids is 2. The van der Waals surface area contributed by atoms with Crippen molar-refractivity contribution < 1.29 is 22.8 Å². The Morgan fingerprint density at radius 1 is 1.50 bits per heavy atom. The number of alkyl halides is 2. The van der Waals surface area contributed by atoms with Gasteiger partial charge in [-0.15, -0.1) is 0 Å². The van der Waals surface area contributed by atoms with Gasteiger partial charge in [-0.2, -0.15) is 8.78 Å². The molecule has 0 aliphatic rings. The van der Waals surface area contributed by atoms with Crippen molar-refractivity contribution in [2.75, 3.05) is 0 Å². The molecule has 0 fully saturated rings. The van der Waals surface area contributed by atoms with Crippen LogP contribution in [0.3, 0.4) is 0 Å². The maximum absolute atomic E-state index is 12.9. The van der Waals surface area contributed by atoms with Crippen molar-refractivity contribution in [1.29, 1.82) is 0 Å². The van der Waals surface area contributed by atoms with Crippen LogP contribution in [0.2, 0.25) is 0 Å². The fourth-order valence-corrected chi connectivity index (χ4v) is 1.32. The van der Waals surface area contributed by atoms with E-state index in [0.717, 1.165) is 0 Å². The lowest BCUT2D eigenvalue weighted by Crippen LogP contribution is -2.29. The Hall–Kier alpha value is -1.04. The number of Topliss-reactive ketones (excluding diaryl/α,β-unsaturated/α-hetero) is 2. The van der Waals surface area contributed by atoms with E-state index in [0.29, 0.717) is 4.47 Å². The van der Waals surface area contributed by atoms with E-state index >= 15 is 0 Å². The Bertz CT molecular complexity index is 412. The van der Waals surface area contributed by atoms with Crippen molar-refractivity contribution in [1.82, 2.24) is 0 Å². The van der Waals surface area contributed by atoms with Crippen molar-refractivity contribution in [2.24, 2.45) is 0 Å². The zero-order chi connectivity index (χ0) is 12.3.